The number of aliphatic carboxylic acids is 1. The maximum atomic E-state index is 13.0. The summed E-state index contributed by atoms with van der Waals surface area (Å²) in [6.07, 6.45) is 81.7. The number of rotatable bonds is 71. The van der Waals surface area contributed by atoms with E-state index in [0.717, 1.165) is 44.9 Å². The van der Waals surface area contributed by atoms with Crippen LogP contribution in [0.25, 0.3) is 0 Å². The minimum atomic E-state index is -1.51. The van der Waals surface area contributed by atoms with E-state index < -0.39 is 18.4 Å². The van der Waals surface area contributed by atoms with Gasteiger partial charge in [0.15, 0.2) is 6.10 Å². The van der Waals surface area contributed by atoms with Crippen LogP contribution in [0.1, 0.15) is 386 Å². The number of carboxylic acids is 1. The van der Waals surface area contributed by atoms with Crippen LogP contribution in [0.15, 0.2) is 24.3 Å². The molecule has 1 N–H and O–H groups in total. The van der Waals surface area contributed by atoms with Crippen molar-refractivity contribution < 1.29 is 42.9 Å². The Bertz CT molecular complexity index is 1440. The first-order valence-electron chi connectivity index (χ1n) is 37.5. The van der Waals surface area contributed by atoms with Gasteiger partial charge in [-0.15, -0.1) is 0 Å². The molecule has 0 amide bonds. The summed E-state index contributed by atoms with van der Waals surface area (Å²) in [7, 11) is 6.00. The molecule has 0 saturated carbocycles. The average molecular weight is 1200 g/mol. The summed E-state index contributed by atoms with van der Waals surface area (Å²) >= 11 is 0. The lowest BCUT2D eigenvalue weighted by molar-refractivity contribution is -0.870. The first-order valence-corrected chi connectivity index (χ1v) is 37.5. The van der Waals surface area contributed by atoms with Crippen LogP contribution in [0.2, 0.25) is 0 Å². The molecule has 0 spiro atoms. The third kappa shape index (κ3) is 69.1. The van der Waals surface area contributed by atoms with E-state index in [9.17, 15) is 19.5 Å². The van der Waals surface area contributed by atoms with Gasteiger partial charge in [0, 0.05) is 12.8 Å². The topological polar surface area (TPSA) is 108 Å². The van der Waals surface area contributed by atoms with E-state index in [1.54, 1.807) is 0 Å². The number of unbranched alkanes of at least 4 members (excludes halogenated alkanes) is 52. The summed E-state index contributed by atoms with van der Waals surface area (Å²) in [5.74, 6) is -1.97. The van der Waals surface area contributed by atoms with Gasteiger partial charge in [0.2, 0.25) is 0 Å². The Balaban J connectivity index is 4.01. The number of carbonyl (C=O) groups excluding carboxylic acids is 2. The van der Waals surface area contributed by atoms with Crippen LogP contribution in [0, 0.1) is 0 Å². The second-order valence-corrected chi connectivity index (χ2v) is 27.0. The quantitative estimate of drug-likeness (QED) is 0.0211. The molecule has 2 unspecified atom stereocenters. The number of esters is 2. The Morgan fingerprint density at radius 3 is 0.929 bits per heavy atom. The fourth-order valence-corrected chi connectivity index (χ4v) is 11.5. The summed E-state index contributed by atoms with van der Waals surface area (Å²) in [6, 6.07) is 0. The number of carboxylic acid groups (broad SMARTS) is 1. The van der Waals surface area contributed by atoms with Crippen molar-refractivity contribution in [1.29, 1.82) is 0 Å². The Morgan fingerprint density at radius 2 is 0.635 bits per heavy atom. The molecule has 0 aliphatic carbocycles. The molecule has 0 rings (SSSR count). The first kappa shape index (κ1) is 82.8. The monoisotopic (exact) mass is 1200 g/mol. The fourth-order valence-electron chi connectivity index (χ4n) is 11.5. The van der Waals surface area contributed by atoms with Crippen molar-refractivity contribution in [2.45, 2.75) is 399 Å². The zero-order chi connectivity index (χ0) is 61.9. The molecular formula is C76H146NO8+. The first-order chi connectivity index (χ1) is 41.6. The van der Waals surface area contributed by atoms with Gasteiger partial charge >= 0.3 is 17.9 Å². The highest BCUT2D eigenvalue weighted by molar-refractivity contribution is 5.71. The maximum absolute atomic E-state index is 13.0. The van der Waals surface area contributed by atoms with Gasteiger partial charge in [-0.3, -0.25) is 9.59 Å². The van der Waals surface area contributed by atoms with Gasteiger partial charge in [0.25, 0.3) is 6.29 Å². The van der Waals surface area contributed by atoms with Crippen LogP contribution in [0.3, 0.4) is 0 Å². The zero-order valence-corrected chi connectivity index (χ0v) is 57.6. The zero-order valence-electron chi connectivity index (χ0n) is 57.6. The molecule has 9 nitrogen and oxygen atoms in total. The Hall–Kier alpha value is -2.23. The average Bonchev–Trinajstić information content (AvgIpc) is 3.49. The van der Waals surface area contributed by atoms with E-state index in [2.05, 4.69) is 38.2 Å². The Labute approximate surface area is 528 Å². The van der Waals surface area contributed by atoms with Crippen molar-refractivity contribution in [2.24, 2.45) is 0 Å². The number of allylic oxidation sites excluding steroid dienone is 4. The normalized spacial score (nSPS) is 12.7. The van der Waals surface area contributed by atoms with E-state index in [4.69, 9.17) is 18.9 Å². The van der Waals surface area contributed by atoms with Crippen LogP contribution in [0.4, 0.5) is 0 Å². The smallest absolute Gasteiger partial charge is 0.361 e. The third-order valence-electron chi connectivity index (χ3n) is 17.2. The molecular weight excluding hydrogens is 1050 g/mol. The number of likely N-dealkylation sites (N-methyl/N-ethyl adjacent to an activating group) is 1. The highest BCUT2D eigenvalue weighted by atomic mass is 16.7. The lowest BCUT2D eigenvalue weighted by atomic mass is 10.0. The van der Waals surface area contributed by atoms with Crippen LogP contribution < -0.4 is 0 Å². The molecule has 0 aromatic rings. The predicted octanol–water partition coefficient (Wildman–Crippen LogP) is 23.4. The van der Waals surface area contributed by atoms with Gasteiger partial charge < -0.3 is 28.5 Å². The molecule has 0 aliphatic rings. The molecule has 502 valence electrons. The molecule has 2 atom stereocenters. The number of nitrogens with zero attached hydrogens (tertiary/aromatic N) is 1. The van der Waals surface area contributed by atoms with Crippen molar-refractivity contribution >= 4 is 17.9 Å². The summed E-state index contributed by atoms with van der Waals surface area (Å²) in [6.45, 7) is 4.95. The molecule has 0 bridgehead atoms. The van der Waals surface area contributed by atoms with Crippen molar-refractivity contribution in [3.63, 3.8) is 0 Å². The highest BCUT2D eigenvalue weighted by Gasteiger charge is 2.25. The molecule has 0 radical (unpaired) electrons. The predicted molar refractivity (Wildman–Crippen MR) is 364 cm³/mol. The molecule has 0 aromatic carbocycles. The minimum Gasteiger partial charge on any atom is -0.477 e. The minimum absolute atomic E-state index is 0.174. The standard InChI is InChI=1S/C76H145NO8/c1-6-8-10-12-14-16-18-20-22-24-26-28-30-32-34-35-36-37-38-39-41-43-45-47-49-51-53-55-57-59-61-63-65-67-74(79)85-72(71-84-76(75(80)81)82-69-68-77(3,4)5)70-83-73(78)66-64-62-60-58-56-54-52-50-48-46-44-42-40-33-31-29-27-25-23-21-19-17-15-13-11-9-7-2/h18,20,24,26,72,76H,6-17,19,21-23,25,27-71H2,1-5H3/p+1/b20-18-,26-24-. The van der Waals surface area contributed by atoms with Crippen LogP contribution in [0.5, 0.6) is 0 Å². The highest BCUT2D eigenvalue weighted by Crippen LogP contribution is 2.20. The van der Waals surface area contributed by atoms with E-state index in [1.807, 2.05) is 21.1 Å². The Morgan fingerprint density at radius 1 is 0.353 bits per heavy atom. The second kappa shape index (κ2) is 67.7. The lowest BCUT2D eigenvalue weighted by Gasteiger charge is -2.25. The maximum Gasteiger partial charge on any atom is 0.361 e. The SMILES string of the molecule is CCCCCCC/C=C\C/C=C\CCCCCCCCCCCCCCCCCCCCCCCC(=O)OC(COC(=O)CCCCCCCCCCCCCCCCCCCCCCCCCCCCC)COC(OCC[N+](C)(C)C)C(=O)O. The summed E-state index contributed by atoms with van der Waals surface area (Å²) in [4.78, 5) is 37.7. The van der Waals surface area contributed by atoms with E-state index >= 15 is 0 Å². The number of hydrogen-bond donors (Lipinski definition) is 1. The molecule has 0 aromatic heterocycles. The number of carbonyl (C=O) groups is 3. The van der Waals surface area contributed by atoms with E-state index in [0.29, 0.717) is 17.4 Å². The van der Waals surface area contributed by atoms with E-state index in [1.165, 1.54) is 315 Å². The summed E-state index contributed by atoms with van der Waals surface area (Å²) in [5, 5.41) is 9.76. The van der Waals surface area contributed by atoms with Crippen molar-refractivity contribution in [3.8, 4) is 0 Å². The van der Waals surface area contributed by atoms with E-state index in [-0.39, 0.29) is 38.2 Å². The van der Waals surface area contributed by atoms with Gasteiger partial charge in [0.05, 0.1) is 34.4 Å². The molecule has 85 heavy (non-hydrogen) atoms. The van der Waals surface area contributed by atoms with Crippen molar-refractivity contribution in [3.05, 3.63) is 24.3 Å². The van der Waals surface area contributed by atoms with Gasteiger partial charge in [-0.25, -0.2) is 4.79 Å². The van der Waals surface area contributed by atoms with Gasteiger partial charge in [0.1, 0.15) is 13.2 Å². The molecule has 0 heterocycles. The van der Waals surface area contributed by atoms with Crippen LogP contribution >= 0.6 is 0 Å². The van der Waals surface area contributed by atoms with Crippen LogP contribution in [-0.2, 0) is 33.3 Å². The number of ether oxygens (including phenoxy) is 4. The van der Waals surface area contributed by atoms with Crippen molar-refractivity contribution in [1.82, 2.24) is 0 Å². The van der Waals surface area contributed by atoms with Gasteiger partial charge in [-0.05, 0) is 44.9 Å². The van der Waals surface area contributed by atoms with Crippen molar-refractivity contribution in [2.75, 3.05) is 47.5 Å². The number of hydrogen-bond acceptors (Lipinski definition) is 7. The van der Waals surface area contributed by atoms with Crippen LogP contribution in [-0.4, -0.2) is 87.4 Å². The largest absolute Gasteiger partial charge is 0.477 e. The summed E-state index contributed by atoms with van der Waals surface area (Å²) < 4.78 is 23.0. The second-order valence-electron chi connectivity index (χ2n) is 27.0. The molecule has 0 aliphatic heterocycles. The molecule has 0 saturated heterocycles. The Kier molecular flexibility index (Phi) is 65.9. The molecule has 9 heteroatoms. The fraction of sp³-hybridized carbons (Fsp3) is 0.908. The number of quaternary nitrogens is 1. The van der Waals surface area contributed by atoms with Gasteiger partial charge in [-0.1, -0.05) is 353 Å². The lowest BCUT2D eigenvalue weighted by Crippen LogP contribution is -2.40. The third-order valence-corrected chi connectivity index (χ3v) is 17.2. The van der Waals surface area contributed by atoms with Gasteiger partial charge in [-0.2, -0.15) is 0 Å². The summed E-state index contributed by atoms with van der Waals surface area (Å²) in [5.41, 5.74) is 0. The molecule has 0 fully saturated rings.